The first kappa shape index (κ1) is 33.5. The molecule has 0 radical (unpaired) electrons. The third-order valence-electron chi connectivity index (χ3n) is 7.74. The van der Waals surface area contributed by atoms with Gasteiger partial charge in [-0.25, -0.2) is 4.98 Å². The average molecular weight is 711 g/mol. The van der Waals surface area contributed by atoms with E-state index >= 15 is 0 Å². The summed E-state index contributed by atoms with van der Waals surface area (Å²) in [4.78, 5) is 34.0. The van der Waals surface area contributed by atoms with Gasteiger partial charge in [0.25, 0.3) is 11.5 Å². The Morgan fingerprint density at radius 2 is 1.45 bits per heavy atom. The van der Waals surface area contributed by atoms with E-state index in [-0.39, 0.29) is 29.3 Å². The number of rotatable bonds is 9. The van der Waals surface area contributed by atoms with Crippen molar-refractivity contribution in [2.45, 2.75) is 40.0 Å². The maximum atomic E-state index is 14.4. The number of nitrogens with zero attached hydrogens (tertiary/aromatic N) is 5. The van der Waals surface area contributed by atoms with Crippen LogP contribution in [-0.2, 0) is 19.3 Å². The van der Waals surface area contributed by atoms with Crippen LogP contribution in [0.15, 0.2) is 82.1 Å². The molecule has 13 heteroatoms. The molecule has 0 aliphatic heterocycles. The number of carbonyl (C=O) groups is 1. The van der Waals surface area contributed by atoms with Gasteiger partial charge in [-0.15, -0.1) is 0 Å². The molecular weight excluding hydrogens is 679 g/mol. The van der Waals surface area contributed by atoms with E-state index < -0.39 is 28.8 Å². The molecule has 0 unspecified atom stereocenters. The monoisotopic (exact) mass is 709 g/mol. The van der Waals surface area contributed by atoms with Crippen LogP contribution in [-0.4, -0.2) is 39.5 Å². The minimum absolute atomic E-state index is 0.0742. The molecule has 2 heterocycles. The molecule has 1 amide bonds. The van der Waals surface area contributed by atoms with Crippen molar-refractivity contribution in [1.29, 1.82) is 0 Å². The van der Waals surface area contributed by atoms with E-state index in [4.69, 9.17) is 14.5 Å². The molecule has 244 valence electrons. The van der Waals surface area contributed by atoms with E-state index in [2.05, 4.69) is 21.0 Å². The van der Waals surface area contributed by atoms with Crippen LogP contribution in [0, 0.1) is 20.8 Å². The van der Waals surface area contributed by atoms with Crippen LogP contribution in [0.25, 0.3) is 5.95 Å². The fourth-order valence-electron chi connectivity index (χ4n) is 5.11. The number of benzene rings is 3. The highest BCUT2D eigenvalue weighted by Crippen LogP contribution is 2.35. The van der Waals surface area contributed by atoms with Gasteiger partial charge in [0, 0.05) is 5.56 Å². The molecule has 3 aromatic carbocycles. The summed E-state index contributed by atoms with van der Waals surface area (Å²) in [5.41, 5.74) is 0.722. The number of anilines is 1. The molecule has 9 nitrogen and oxygen atoms in total. The molecule has 0 aliphatic rings. The number of aromatic nitrogens is 4. The average Bonchev–Trinajstić information content (AvgIpc) is 3.36. The van der Waals surface area contributed by atoms with Gasteiger partial charge in [-0.2, -0.15) is 23.0 Å². The van der Waals surface area contributed by atoms with Gasteiger partial charge in [-0.1, -0.05) is 36.4 Å². The van der Waals surface area contributed by atoms with E-state index in [1.807, 2.05) is 0 Å². The van der Waals surface area contributed by atoms with Crippen molar-refractivity contribution >= 4 is 27.7 Å². The van der Waals surface area contributed by atoms with Crippen molar-refractivity contribution in [3.05, 3.63) is 127 Å². The zero-order chi connectivity index (χ0) is 34.0. The lowest BCUT2D eigenvalue weighted by atomic mass is 10.0. The first-order chi connectivity index (χ1) is 22.3. The number of carbonyl (C=O) groups excluding carboxylic acids is 1. The van der Waals surface area contributed by atoms with E-state index in [1.54, 1.807) is 76.4 Å². The Hall–Kier alpha value is -4.91. The lowest BCUT2D eigenvalue weighted by Gasteiger charge is -2.26. The minimum atomic E-state index is -4.79. The van der Waals surface area contributed by atoms with Crippen LogP contribution >= 0.6 is 15.9 Å². The molecule has 0 saturated heterocycles. The van der Waals surface area contributed by atoms with Gasteiger partial charge in [-0.3, -0.25) is 19.1 Å². The summed E-state index contributed by atoms with van der Waals surface area (Å²) >= 11 is 3.35. The number of hydrogen-bond donors (Lipinski definition) is 0. The standard InChI is InChI=1S/C34H31BrF3N5O4/c1-20-21(2)40-43(33-39-22(3)29(35)32(45)42(33)19-24-12-16-26(47-5)17-13-24)30(20)41(18-23-10-14-25(46-4)15-11-23)31(44)27-8-6-7-9-28(27)34(36,37)38/h6-17H,18-19H2,1-5H3. The molecule has 5 aromatic rings. The second kappa shape index (κ2) is 13.4. The molecule has 0 bridgehead atoms. The molecule has 2 aromatic heterocycles. The number of amides is 1. The SMILES string of the molecule is COc1ccc(CN(C(=O)c2ccccc2C(F)(F)F)c2c(C)c(C)nn2-c2nc(C)c(Br)c(=O)n2Cc2ccc(OC)cc2)cc1. The molecule has 5 rings (SSSR count). The molecule has 0 aliphatic carbocycles. The van der Waals surface area contributed by atoms with Crippen molar-refractivity contribution in [2.24, 2.45) is 0 Å². The van der Waals surface area contributed by atoms with Crippen LogP contribution in [0.3, 0.4) is 0 Å². The highest BCUT2D eigenvalue weighted by atomic mass is 79.9. The van der Waals surface area contributed by atoms with Gasteiger partial charge < -0.3 is 9.47 Å². The molecule has 47 heavy (non-hydrogen) atoms. The summed E-state index contributed by atoms with van der Waals surface area (Å²) in [6.45, 7) is 5.03. The fraction of sp³-hybridized carbons (Fsp3) is 0.235. The van der Waals surface area contributed by atoms with Crippen molar-refractivity contribution < 1.29 is 27.4 Å². The number of alkyl halides is 3. The second-order valence-corrected chi connectivity index (χ2v) is 11.6. The molecule has 0 atom stereocenters. The number of halogens is 4. The largest absolute Gasteiger partial charge is 0.497 e. The minimum Gasteiger partial charge on any atom is -0.497 e. The Bertz CT molecular complexity index is 1990. The predicted octanol–water partition coefficient (Wildman–Crippen LogP) is 7.05. The van der Waals surface area contributed by atoms with E-state index in [9.17, 15) is 22.8 Å². The summed E-state index contributed by atoms with van der Waals surface area (Å²) in [7, 11) is 3.07. The predicted molar refractivity (Wildman–Crippen MR) is 175 cm³/mol. The Labute approximate surface area is 277 Å². The van der Waals surface area contributed by atoms with Gasteiger partial charge in [0.1, 0.15) is 21.8 Å². The van der Waals surface area contributed by atoms with Crippen LogP contribution in [0.5, 0.6) is 11.5 Å². The zero-order valence-electron chi connectivity index (χ0n) is 26.2. The summed E-state index contributed by atoms with van der Waals surface area (Å²) in [5, 5.41) is 4.68. The van der Waals surface area contributed by atoms with Crippen molar-refractivity contribution in [1.82, 2.24) is 19.3 Å². The Balaban J connectivity index is 1.74. The summed E-state index contributed by atoms with van der Waals surface area (Å²) < 4.78 is 56.1. The first-order valence-electron chi connectivity index (χ1n) is 14.4. The van der Waals surface area contributed by atoms with Crippen LogP contribution < -0.4 is 19.9 Å². The summed E-state index contributed by atoms with van der Waals surface area (Å²) in [5.74, 6) is 0.544. The van der Waals surface area contributed by atoms with Gasteiger partial charge in [-0.05, 0) is 84.2 Å². The maximum Gasteiger partial charge on any atom is 0.417 e. The molecule has 0 fully saturated rings. The van der Waals surface area contributed by atoms with Crippen molar-refractivity contribution in [3.8, 4) is 17.4 Å². The van der Waals surface area contributed by atoms with Crippen molar-refractivity contribution in [2.75, 3.05) is 19.1 Å². The van der Waals surface area contributed by atoms with E-state index in [0.29, 0.717) is 34.0 Å². The third-order valence-corrected chi connectivity index (χ3v) is 8.65. The first-order valence-corrected chi connectivity index (χ1v) is 15.2. The third kappa shape index (κ3) is 6.80. The lowest BCUT2D eigenvalue weighted by molar-refractivity contribution is -0.137. The van der Waals surface area contributed by atoms with Crippen LogP contribution in [0.4, 0.5) is 19.0 Å². The topological polar surface area (TPSA) is 91.5 Å². The Morgan fingerprint density at radius 1 is 0.872 bits per heavy atom. The molecule has 0 saturated carbocycles. The highest BCUT2D eigenvalue weighted by Gasteiger charge is 2.37. The molecule has 0 spiro atoms. The van der Waals surface area contributed by atoms with E-state index in [0.717, 1.165) is 17.7 Å². The summed E-state index contributed by atoms with van der Waals surface area (Å²) in [6.07, 6.45) is -4.79. The normalized spacial score (nSPS) is 11.4. The summed E-state index contributed by atoms with van der Waals surface area (Å²) in [6, 6.07) is 18.6. The zero-order valence-corrected chi connectivity index (χ0v) is 27.8. The quantitative estimate of drug-likeness (QED) is 0.163. The van der Waals surface area contributed by atoms with Gasteiger partial charge in [0.2, 0.25) is 5.95 Å². The number of aryl methyl sites for hydroxylation is 2. The molecular formula is C34H31BrF3N5O4. The maximum absolute atomic E-state index is 14.4. The number of ether oxygens (including phenoxy) is 2. The molecule has 0 N–H and O–H groups in total. The fourth-order valence-corrected chi connectivity index (χ4v) is 5.41. The van der Waals surface area contributed by atoms with Gasteiger partial charge in [0.15, 0.2) is 0 Å². The van der Waals surface area contributed by atoms with E-state index in [1.165, 1.54) is 33.4 Å². The highest BCUT2D eigenvalue weighted by molar-refractivity contribution is 9.10. The number of hydrogen-bond acceptors (Lipinski definition) is 6. The smallest absolute Gasteiger partial charge is 0.417 e. The van der Waals surface area contributed by atoms with Crippen LogP contribution in [0.1, 0.15) is 44.0 Å². The number of methoxy groups -OCH3 is 2. The van der Waals surface area contributed by atoms with Gasteiger partial charge in [0.05, 0.1) is 49.8 Å². The van der Waals surface area contributed by atoms with Crippen LogP contribution in [0.2, 0.25) is 0 Å². The lowest BCUT2D eigenvalue weighted by Crippen LogP contribution is -2.36. The Morgan fingerprint density at radius 3 is 2.02 bits per heavy atom. The van der Waals surface area contributed by atoms with Gasteiger partial charge >= 0.3 is 6.18 Å². The Kier molecular flexibility index (Phi) is 9.57. The second-order valence-electron chi connectivity index (χ2n) is 10.8. The van der Waals surface area contributed by atoms with Crippen molar-refractivity contribution in [3.63, 3.8) is 0 Å².